The highest BCUT2D eigenvalue weighted by molar-refractivity contribution is 7.92. The lowest BCUT2D eigenvalue weighted by Gasteiger charge is -2.35. The second-order valence-corrected chi connectivity index (χ2v) is 12.7. The molecule has 13 heteroatoms. The van der Waals surface area contributed by atoms with Crippen molar-refractivity contribution in [3.05, 3.63) is 35.3 Å². The summed E-state index contributed by atoms with van der Waals surface area (Å²) in [6, 6.07) is 4.49. The molecule has 208 valence electrons. The van der Waals surface area contributed by atoms with E-state index in [0.717, 1.165) is 12.8 Å². The Bertz CT molecular complexity index is 1320. The second-order valence-electron chi connectivity index (χ2n) is 10.9. The van der Waals surface area contributed by atoms with Crippen LogP contribution in [0.25, 0.3) is 0 Å². The van der Waals surface area contributed by atoms with Crippen LogP contribution in [0.5, 0.6) is 0 Å². The van der Waals surface area contributed by atoms with E-state index in [4.69, 9.17) is 5.11 Å². The molecule has 0 unspecified atom stereocenters. The number of aromatic nitrogens is 2. The summed E-state index contributed by atoms with van der Waals surface area (Å²) in [4.78, 5) is 15.4. The topological polar surface area (TPSA) is 117 Å². The molecule has 1 aliphatic heterocycles. The highest BCUT2D eigenvalue weighted by atomic mass is 32.2. The van der Waals surface area contributed by atoms with E-state index in [1.54, 1.807) is 6.07 Å². The molecule has 1 aromatic carbocycles. The molecule has 9 nitrogen and oxygen atoms in total. The number of alkyl halides is 2. The number of carbonyl (C=O) groups is 1. The Hall–Kier alpha value is -2.80. The van der Waals surface area contributed by atoms with Gasteiger partial charge in [-0.25, -0.2) is 21.6 Å². The van der Waals surface area contributed by atoms with Crippen molar-refractivity contribution in [2.75, 3.05) is 40.4 Å². The van der Waals surface area contributed by atoms with E-state index in [2.05, 4.69) is 15.1 Å². The van der Waals surface area contributed by atoms with E-state index in [-0.39, 0.29) is 48.1 Å². The van der Waals surface area contributed by atoms with Crippen molar-refractivity contribution in [1.82, 2.24) is 9.78 Å². The Morgan fingerprint density at radius 1 is 1.18 bits per heavy atom. The third kappa shape index (κ3) is 5.63. The SMILES string of the molecule is Cc1c(F)c(NC(=O)c2ccc(NS(=O)(=O)CCO)cc2N2CCC3(CC2)CC3)nn1CC1CC(F)(F)C1. The van der Waals surface area contributed by atoms with Gasteiger partial charge in [0, 0.05) is 32.5 Å². The number of piperidine rings is 1. The van der Waals surface area contributed by atoms with Crippen LogP contribution in [0.15, 0.2) is 18.2 Å². The first kappa shape index (κ1) is 26.8. The Morgan fingerprint density at radius 3 is 2.47 bits per heavy atom. The van der Waals surface area contributed by atoms with Crippen molar-refractivity contribution in [1.29, 1.82) is 0 Å². The predicted octanol–water partition coefficient (Wildman–Crippen LogP) is 3.74. The first-order valence-corrected chi connectivity index (χ1v) is 14.5. The number of aliphatic hydroxyl groups excluding tert-OH is 1. The molecular formula is C25H32F3N5O4S. The molecule has 2 saturated carbocycles. The number of amides is 1. The van der Waals surface area contributed by atoms with Crippen molar-refractivity contribution in [2.45, 2.75) is 57.9 Å². The Morgan fingerprint density at radius 2 is 1.87 bits per heavy atom. The maximum Gasteiger partial charge on any atom is 0.259 e. The van der Waals surface area contributed by atoms with Gasteiger partial charge in [-0.1, -0.05) is 0 Å². The van der Waals surface area contributed by atoms with Crippen LogP contribution in [0.2, 0.25) is 0 Å². The van der Waals surface area contributed by atoms with Gasteiger partial charge in [0.2, 0.25) is 15.9 Å². The summed E-state index contributed by atoms with van der Waals surface area (Å²) in [6.07, 6.45) is 3.76. The van der Waals surface area contributed by atoms with Crippen LogP contribution in [0.3, 0.4) is 0 Å². The first-order chi connectivity index (χ1) is 17.9. The van der Waals surface area contributed by atoms with E-state index >= 15 is 0 Å². The van der Waals surface area contributed by atoms with E-state index in [1.165, 1.54) is 36.6 Å². The number of aliphatic hydroxyl groups is 1. The number of sulfonamides is 1. The summed E-state index contributed by atoms with van der Waals surface area (Å²) < 4.78 is 69.5. The van der Waals surface area contributed by atoms with E-state index < -0.39 is 40.0 Å². The molecule has 1 spiro atoms. The van der Waals surface area contributed by atoms with Crippen LogP contribution in [-0.4, -0.2) is 60.6 Å². The number of rotatable bonds is 9. The Kier molecular flexibility index (Phi) is 6.87. The van der Waals surface area contributed by atoms with E-state index in [9.17, 15) is 26.4 Å². The second kappa shape index (κ2) is 9.74. The number of hydrogen-bond acceptors (Lipinski definition) is 6. The number of carbonyl (C=O) groups excluding carboxylic acids is 1. The van der Waals surface area contributed by atoms with Crippen molar-refractivity contribution in [2.24, 2.45) is 11.3 Å². The average Bonchev–Trinajstić information content (AvgIpc) is 3.53. The number of nitrogens with one attached hydrogen (secondary N) is 2. The molecular weight excluding hydrogens is 523 g/mol. The lowest BCUT2D eigenvalue weighted by atomic mass is 9.81. The van der Waals surface area contributed by atoms with Gasteiger partial charge in [0.15, 0.2) is 11.6 Å². The molecule has 2 aromatic rings. The lowest BCUT2D eigenvalue weighted by molar-refractivity contribution is -0.114. The molecule has 1 saturated heterocycles. The summed E-state index contributed by atoms with van der Waals surface area (Å²) in [7, 11) is -3.77. The quantitative estimate of drug-likeness (QED) is 0.434. The molecule has 1 aromatic heterocycles. The molecule has 0 bridgehead atoms. The highest BCUT2D eigenvalue weighted by Crippen LogP contribution is 2.54. The van der Waals surface area contributed by atoms with Crippen LogP contribution >= 0.6 is 0 Å². The minimum atomic E-state index is -3.77. The van der Waals surface area contributed by atoms with Gasteiger partial charge in [-0.05, 0) is 62.1 Å². The van der Waals surface area contributed by atoms with Gasteiger partial charge in [0.1, 0.15) is 0 Å². The van der Waals surface area contributed by atoms with Crippen LogP contribution in [0, 0.1) is 24.1 Å². The summed E-state index contributed by atoms with van der Waals surface area (Å²) >= 11 is 0. The number of halogens is 3. The Labute approximate surface area is 219 Å². The highest BCUT2D eigenvalue weighted by Gasteiger charge is 2.46. The molecule has 3 aliphatic rings. The number of anilines is 3. The van der Waals surface area contributed by atoms with Crippen LogP contribution in [0.4, 0.5) is 30.4 Å². The molecule has 0 atom stereocenters. The van der Waals surface area contributed by atoms with Gasteiger partial charge in [-0.2, -0.15) is 5.10 Å². The fourth-order valence-corrected chi connectivity index (χ4v) is 6.24. The summed E-state index contributed by atoms with van der Waals surface area (Å²) in [5.41, 5.74) is 1.51. The van der Waals surface area contributed by atoms with E-state index in [1.807, 2.05) is 4.90 Å². The largest absolute Gasteiger partial charge is 0.395 e. The van der Waals surface area contributed by atoms with Crippen molar-refractivity contribution in [3.8, 4) is 0 Å². The third-order valence-corrected chi connectivity index (χ3v) is 9.24. The molecule has 3 N–H and O–H groups in total. The zero-order valence-corrected chi connectivity index (χ0v) is 22.0. The smallest absolute Gasteiger partial charge is 0.259 e. The predicted molar refractivity (Wildman–Crippen MR) is 137 cm³/mol. The normalized spacial score (nSPS) is 20.3. The van der Waals surface area contributed by atoms with Gasteiger partial charge in [0.25, 0.3) is 5.91 Å². The van der Waals surface area contributed by atoms with Crippen molar-refractivity contribution >= 4 is 33.1 Å². The van der Waals surface area contributed by atoms with Crippen molar-refractivity contribution in [3.63, 3.8) is 0 Å². The zero-order valence-electron chi connectivity index (χ0n) is 21.1. The van der Waals surface area contributed by atoms with Crippen LogP contribution in [-0.2, 0) is 16.6 Å². The van der Waals surface area contributed by atoms with Gasteiger partial charge < -0.3 is 15.3 Å². The summed E-state index contributed by atoms with van der Waals surface area (Å²) in [5, 5.41) is 15.7. The zero-order chi connectivity index (χ0) is 27.3. The maximum atomic E-state index is 14.9. The Balaban J connectivity index is 1.37. The molecule has 3 fully saturated rings. The maximum absolute atomic E-state index is 14.9. The monoisotopic (exact) mass is 555 g/mol. The van der Waals surface area contributed by atoms with Crippen LogP contribution in [0.1, 0.15) is 54.6 Å². The lowest BCUT2D eigenvalue weighted by Crippen LogP contribution is -2.38. The number of benzene rings is 1. The molecule has 0 radical (unpaired) electrons. The van der Waals surface area contributed by atoms with Gasteiger partial charge in [0.05, 0.1) is 35.0 Å². The molecule has 1 amide bonds. The first-order valence-electron chi connectivity index (χ1n) is 12.8. The molecule has 2 heterocycles. The third-order valence-electron chi connectivity index (χ3n) is 7.97. The standard InChI is InChI=1S/C25H32F3N5O4S/c1-16-21(26)22(30-33(16)15-17-13-25(27,28)14-17)29-23(35)19-3-2-18(31-38(36,37)11-10-34)12-20(19)32-8-6-24(4-5-24)7-9-32/h2-3,12,17,31,34H,4-11,13-15H2,1H3,(H,29,30,35). The molecule has 38 heavy (non-hydrogen) atoms. The van der Waals surface area contributed by atoms with Crippen molar-refractivity contribution < 1.29 is 31.5 Å². The number of hydrogen-bond donors (Lipinski definition) is 3. The fraction of sp³-hybridized carbons (Fsp3) is 0.600. The number of nitrogens with zero attached hydrogens (tertiary/aromatic N) is 3. The average molecular weight is 556 g/mol. The summed E-state index contributed by atoms with van der Waals surface area (Å²) in [6.45, 7) is 2.48. The molecule has 2 aliphatic carbocycles. The van der Waals surface area contributed by atoms with Gasteiger partial charge >= 0.3 is 0 Å². The fourth-order valence-electron chi connectivity index (χ4n) is 5.41. The summed E-state index contributed by atoms with van der Waals surface area (Å²) in [5.74, 6) is -5.09. The van der Waals surface area contributed by atoms with Gasteiger partial charge in [-0.3, -0.25) is 14.2 Å². The van der Waals surface area contributed by atoms with Crippen LogP contribution < -0.4 is 14.9 Å². The minimum Gasteiger partial charge on any atom is -0.395 e. The van der Waals surface area contributed by atoms with Gasteiger partial charge in [-0.15, -0.1) is 0 Å². The minimum absolute atomic E-state index is 0.137. The molecule has 5 rings (SSSR count). The van der Waals surface area contributed by atoms with E-state index in [0.29, 0.717) is 24.2 Å².